The molecule has 0 aliphatic carbocycles. The quantitative estimate of drug-likeness (QED) is 0.0352. The van der Waals surface area contributed by atoms with Crippen LogP contribution in [0, 0.1) is 0 Å². The first-order valence-corrected chi connectivity index (χ1v) is 16.3. The van der Waals surface area contributed by atoms with Crippen molar-refractivity contribution in [3.63, 3.8) is 0 Å². The van der Waals surface area contributed by atoms with Crippen molar-refractivity contribution in [3.05, 3.63) is 0 Å². The maximum Gasteiger partial charge on any atom is 0.326 e. The zero-order valence-electron chi connectivity index (χ0n) is 27.3. The van der Waals surface area contributed by atoms with E-state index in [1.807, 2.05) is 0 Å². The van der Waals surface area contributed by atoms with Gasteiger partial charge in [0.1, 0.15) is 24.2 Å². The van der Waals surface area contributed by atoms with Gasteiger partial charge in [-0.3, -0.25) is 24.0 Å². The van der Waals surface area contributed by atoms with Crippen molar-refractivity contribution < 1.29 is 39.0 Å². The van der Waals surface area contributed by atoms with Gasteiger partial charge in [0, 0.05) is 0 Å². The van der Waals surface area contributed by atoms with E-state index in [-0.39, 0.29) is 19.3 Å². The van der Waals surface area contributed by atoms with Gasteiger partial charge in [-0.15, -0.1) is 0 Å². The van der Waals surface area contributed by atoms with Crippen molar-refractivity contribution in [3.8, 4) is 0 Å². The lowest BCUT2D eigenvalue weighted by Crippen LogP contribution is -2.57. The van der Waals surface area contributed by atoms with E-state index in [9.17, 15) is 39.0 Å². The highest BCUT2D eigenvalue weighted by atomic mass is 16.4. The molecule has 18 heteroatoms. The number of carbonyl (C=O) groups excluding carboxylic acids is 5. The zero-order valence-corrected chi connectivity index (χ0v) is 27.3. The summed E-state index contributed by atoms with van der Waals surface area (Å²) in [5.74, 6) is -4.88. The standard InChI is InChI=1S/C29H58N10O8/c30-13-5-1-9-19(34)25(42)37-20(10-2-6-14-31)26(43)35-17-24(41)36-23(18-40)28(45)38-21(11-3-7-15-32)27(44)39-22(29(46)47)12-4-8-16-33/h19-23,40H,1-18,30-34H2,(H,35,43)(H,36,41)(H,37,42)(H,38,45)(H,39,44)(H,46,47)/t19-,20-,21-,22-,23-/m0/s1. The number of amides is 5. The van der Waals surface area contributed by atoms with E-state index in [4.69, 9.17) is 28.7 Å². The van der Waals surface area contributed by atoms with Crippen LogP contribution in [0.5, 0.6) is 0 Å². The molecule has 0 aliphatic heterocycles. The van der Waals surface area contributed by atoms with Crippen LogP contribution < -0.4 is 55.3 Å². The number of carbonyl (C=O) groups is 6. The molecule has 0 aromatic heterocycles. The highest BCUT2D eigenvalue weighted by molar-refractivity contribution is 5.95. The molecule has 0 saturated heterocycles. The molecule has 5 atom stereocenters. The summed E-state index contributed by atoms with van der Waals surface area (Å²) in [5.41, 5.74) is 28.0. The lowest BCUT2D eigenvalue weighted by molar-refractivity contribution is -0.142. The van der Waals surface area contributed by atoms with Crippen LogP contribution in [0.1, 0.15) is 77.0 Å². The maximum absolute atomic E-state index is 13.0. The lowest BCUT2D eigenvalue weighted by Gasteiger charge is -2.24. The number of hydrogen-bond donors (Lipinski definition) is 12. The number of aliphatic carboxylic acids is 1. The molecule has 0 aromatic rings. The second kappa shape index (κ2) is 26.6. The number of aliphatic hydroxyl groups is 1. The molecular formula is C29H58N10O8. The van der Waals surface area contributed by atoms with E-state index in [0.29, 0.717) is 84.0 Å². The highest BCUT2D eigenvalue weighted by Crippen LogP contribution is 2.07. The van der Waals surface area contributed by atoms with Gasteiger partial charge < -0.3 is 65.5 Å². The molecule has 0 spiro atoms. The zero-order chi connectivity index (χ0) is 35.6. The van der Waals surface area contributed by atoms with Gasteiger partial charge in [-0.25, -0.2) is 4.79 Å². The Morgan fingerprint density at radius 2 is 0.915 bits per heavy atom. The van der Waals surface area contributed by atoms with Gasteiger partial charge in [0.15, 0.2) is 0 Å². The largest absolute Gasteiger partial charge is 0.480 e. The summed E-state index contributed by atoms with van der Waals surface area (Å²) >= 11 is 0. The van der Waals surface area contributed by atoms with Crippen LogP contribution >= 0.6 is 0 Å². The normalized spacial score (nSPS) is 14.2. The Morgan fingerprint density at radius 3 is 1.38 bits per heavy atom. The van der Waals surface area contributed by atoms with E-state index in [1.54, 1.807) is 0 Å². The molecule has 47 heavy (non-hydrogen) atoms. The number of nitrogens with two attached hydrogens (primary N) is 5. The molecule has 5 amide bonds. The van der Waals surface area contributed by atoms with Crippen LogP contribution in [0.4, 0.5) is 0 Å². The third-order valence-corrected chi connectivity index (χ3v) is 7.28. The Balaban J connectivity index is 5.33. The summed E-state index contributed by atoms with van der Waals surface area (Å²) in [6.45, 7) is 0.134. The number of carboxylic acid groups (broad SMARTS) is 1. The molecule has 0 heterocycles. The number of nitrogens with one attached hydrogen (secondary N) is 5. The molecule has 17 N–H and O–H groups in total. The Bertz CT molecular complexity index is 958. The fourth-order valence-electron chi connectivity index (χ4n) is 4.47. The minimum Gasteiger partial charge on any atom is -0.480 e. The Morgan fingerprint density at radius 1 is 0.511 bits per heavy atom. The van der Waals surface area contributed by atoms with Gasteiger partial charge in [0.2, 0.25) is 29.5 Å². The van der Waals surface area contributed by atoms with Crippen molar-refractivity contribution in [1.29, 1.82) is 0 Å². The molecule has 0 aliphatic rings. The van der Waals surface area contributed by atoms with Crippen molar-refractivity contribution in [2.45, 2.75) is 107 Å². The molecule has 0 radical (unpaired) electrons. The minimum absolute atomic E-state index is 0.125. The molecule has 0 saturated carbocycles. The summed E-state index contributed by atoms with van der Waals surface area (Å²) < 4.78 is 0. The Labute approximate surface area is 276 Å². The predicted octanol–water partition coefficient (Wildman–Crippen LogP) is -4.04. The van der Waals surface area contributed by atoms with E-state index in [2.05, 4.69) is 26.6 Å². The number of hydrogen-bond acceptors (Lipinski definition) is 12. The SMILES string of the molecule is NCCCC[C@H](NC(=O)[C@H](CCCCN)NC(=O)[C@H](CO)NC(=O)CNC(=O)[C@H](CCCCN)NC(=O)[C@@H](N)CCCCN)C(=O)O. The van der Waals surface area contributed by atoms with Crippen LogP contribution in [-0.4, -0.2) is 115 Å². The maximum atomic E-state index is 13.0. The molecule has 0 rings (SSSR count). The Hall–Kier alpha value is -3.42. The van der Waals surface area contributed by atoms with Gasteiger partial charge in [-0.2, -0.15) is 0 Å². The summed E-state index contributed by atoms with van der Waals surface area (Å²) in [6, 6.07) is -5.69. The van der Waals surface area contributed by atoms with E-state index in [0.717, 1.165) is 0 Å². The molecule has 0 bridgehead atoms. The van der Waals surface area contributed by atoms with Crippen molar-refractivity contribution in [2.75, 3.05) is 39.3 Å². The smallest absolute Gasteiger partial charge is 0.326 e. The highest BCUT2D eigenvalue weighted by Gasteiger charge is 2.29. The first kappa shape index (κ1) is 43.6. The van der Waals surface area contributed by atoms with E-state index < -0.39 is 78.9 Å². The monoisotopic (exact) mass is 674 g/mol. The average molecular weight is 675 g/mol. The average Bonchev–Trinajstić information content (AvgIpc) is 3.04. The first-order valence-electron chi connectivity index (χ1n) is 16.3. The third kappa shape index (κ3) is 19.8. The van der Waals surface area contributed by atoms with E-state index in [1.165, 1.54) is 0 Å². The fourth-order valence-corrected chi connectivity index (χ4v) is 4.47. The molecule has 18 nitrogen and oxygen atoms in total. The fraction of sp³-hybridized carbons (Fsp3) is 0.793. The summed E-state index contributed by atoms with van der Waals surface area (Å²) in [6.07, 6.45) is 5.38. The second-order valence-electron chi connectivity index (χ2n) is 11.3. The van der Waals surface area contributed by atoms with Crippen molar-refractivity contribution in [2.24, 2.45) is 28.7 Å². The topological polar surface area (TPSA) is 333 Å². The van der Waals surface area contributed by atoms with Gasteiger partial charge >= 0.3 is 5.97 Å². The number of unbranched alkanes of at least 4 members (excludes halogenated alkanes) is 4. The van der Waals surface area contributed by atoms with Crippen LogP contribution in [0.2, 0.25) is 0 Å². The number of aliphatic hydroxyl groups excluding tert-OH is 1. The van der Waals surface area contributed by atoms with Crippen LogP contribution in [-0.2, 0) is 28.8 Å². The molecule has 0 unspecified atom stereocenters. The molecule has 272 valence electrons. The minimum atomic E-state index is -1.49. The molecule has 0 aromatic carbocycles. The summed E-state index contributed by atoms with van der Waals surface area (Å²) in [7, 11) is 0. The summed E-state index contributed by atoms with van der Waals surface area (Å²) in [5, 5.41) is 31.5. The predicted molar refractivity (Wildman–Crippen MR) is 175 cm³/mol. The number of carboxylic acids is 1. The first-order chi connectivity index (χ1) is 22.4. The second-order valence-corrected chi connectivity index (χ2v) is 11.3. The van der Waals surface area contributed by atoms with Crippen LogP contribution in [0.15, 0.2) is 0 Å². The van der Waals surface area contributed by atoms with Gasteiger partial charge in [-0.05, 0) is 96.8 Å². The van der Waals surface area contributed by atoms with Gasteiger partial charge in [0.25, 0.3) is 0 Å². The van der Waals surface area contributed by atoms with Crippen LogP contribution in [0.3, 0.4) is 0 Å². The van der Waals surface area contributed by atoms with Gasteiger partial charge in [0.05, 0.1) is 19.2 Å². The van der Waals surface area contributed by atoms with E-state index >= 15 is 0 Å². The van der Waals surface area contributed by atoms with Crippen LogP contribution in [0.25, 0.3) is 0 Å². The van der Waals surface area contributed by atoms with Gasteiger partial charge in [-0.1, -0.05) is 6.42 Å². The van der Waals surface area contributed by atoms with Crippen molar-refractivity contribution in [1.82, 2.24) is 26.6 Å². The lowest BCUT2D eigenvalue weighted by atomic mass is 10.1. The molecular weight excluding hydrogens is 616 g/mol. The Kier molecular flexibility index (Phi) is 24.7. The third-order valence-electron chi connectivity index (χ3n) is 7.28. The number of rotatable bonds is 28. The molecule has 0 fully saturated rings. The summed E-state index contributed by atoms with van der Waals surface area (Å²) in [4.78, 5) is 75.7. The van der Waals surface area contributed by atoms with Crippen molar-refractivity contribution >= 4 is 35.5 Å².